The number of amides is 1. The second-order valence-corrected chi connectivity index (χ2v) is 10.2. The maximum absolute atomic E-state index is 12.9. The Morgan fingerprint density at radius 1 is 1.10 bits per heavy atom. The number of fused-ring (bicyclic) bond motifs is 1. The molecule has 0 saturated carbocycles. The fraction of sp³-hybridized carbons (Fsp3) is 0.310. The van der Waals surface area contributed by atoms with Gasteiger partial charge in [0.15, 0.2) is 11.3 Å². The number of piperazine rings is 1. The van der Waals surface area contributed by atoms with Crippen LogP contribution in [0.15, 0.2) is 77.3 Å². The van der Waals surface area contributed by atoms with Crippen molar-refractivity contribution in [1.82, 2.24) is 15.2 Å². The van der Waals surface area contributed by atoms with Gasteiger partial charge < -0.3 is 19.2 Å². The molecular formula is C29H31N4O5S-. The summed E-state index contributed by atoms with van der Waals surface area (Å²) in [5, 5.41) is 3.79. The minimum absolute atomic E-state index is 0.267. The maximum Gasteiger partial charge on any atom is 0.287 e. The van der Waals surface area contributed by atoms with Crippen LogP contribution in [0.4, 0.5) is 5.69 Å². The van der Waals surface area contributed by atoms with E-state index in [2.05, 4.69) is 26.2 Å². The quantitative estimate of drug-likeness (QED) is 0.297. The molecule has 39 heavy (non-hydrogen) atoms. The van der Waals surface area contributed by atoms with Crippen molar-refractivity contribution in [2.75, 3.05) is 37.6 Å². The largest absolute Gasteiger partial charge is 0.750 e. The lowest BCUT2D eigenvalue weighted by atomic mass is 10.1. The van der Waals surface area contributed by atoms with Gasteiger partial charge in [0, 0.05) is 63.0 Å². The van der Waals surface area contributed by atoms with Gasteiger partial charge in [-0.05, 0) is 42.3 Å². The van der Waals surface area contributed by atoms with Crippen molar-refractivity contribution in [2.45, 2.75) is 26.0 Å². The van der Waals surface area contributed by atoms with Crippen LogP contribution in [0.3, 0.4) is 0 Å². The number of anilines is 1. The molecule has 1 saturated heterocycles. The Bertz CT molecular complexity index is 1420. The molecule has 2 atom stereocenters. The number of carbonyl (C=O) groups excluding carboxylic acids is 1. The summed E-state index contributed by atoms with van der Waals surface area (Å²) in [6.07, 6.45) is 2.20. The molecular weight excluding hydrogens is 516 g/mol. The van der Waals surface area contributed by atoms with Crippen LogP contribution in [0, 0.1) is 0 Å². The molecule has 1 aliphatic rings. The van der Waals surface area contributed by atoms with Gasteiger partial charge in [0.1, 0.15) is 0 Å². The van der Waals surface area contributed by atoms with Crippen LogP contribution in [0.2, 0.25) is 0 Å². The zero-order chi connectivity index (χ0) is 27.2. The molecule has 5 rings (SSSR count). The van der Waals surface area contributed by atoms with Crippen molar-refractivity contribution >= 4 is 33.9 Å². The van der Waals surface area contributed by atoms with Crippen LogP contribution < -0.4 is 10.2 Å². The number of benzene rings is 2. The van der Waals surface area contributed by atoms with Crippen molar-refractivity contribution in [1.29, 1.82) is 0 Å². The third-order valence-electron chi connectivity index (χ3n) is 7.00. The zero-order valence-corrected chi connectivity index (χ0v) is 22.6. The number of rotatable bonds is 10. The first-order valence-electron chi connectivity index (χ1n) is 13.0. The third-order valence-corrected chi connectivity index (χ3v) is 7.44. The smallest absolute Gasteiger partial charge is 0.287 e. The second-order valence-electron chi connectivity index (χ2n) is 9.57. The Balaban J connectivity index is 1.17. The SMILES string of the molecule is CC(OS(=O)[O-])c1ccc(CNC(=O)c2cc3cccc(N4CCN(CCc5ccccn5)CC4)c3o2)cc1. The number of furan rings is 1. The highest BCUT2D eigenvalue weighted by atomic mass is 32.2. The van der Waals surface area contributed by atoms with Gasteiger partial charge in [-0.2, -0.15) is 0 Å². The van der Waals surface area contributed by atoms with Gasteiger partial charge in [-0.3, -0.25) is 18.9 Å². The predicted octanol–water partition coefficient (Wildman–Crippen LogP) is 3.99. The van der Waals surface area contributed by atoms with E-state index >= 15 is 0 Å². The third kappa shape index (κ3) is 6.90. The maximum atomic E-state index is 12.9. The number of nitrogens with zero attached hydrogens (tertiary/aromatic N) is 3. The predicted molar refractivity (Wildman–Crippen MR) is 149 cm³/mol. The van der Waals surface area contributed by atoms with Crippen LogP contribution in [-0.4, -0.2) is 57.3 Å². The van der Waals surface area contributed by atoms with E-state index in [1.807, 2.05) is 48.7 Å². The van der Waals surface area contributed by atoms with E-state index in [1.165, 1.54) is 0 Å². The molecule has 2 aromatic carbocycles. The summed E-state index contributed by atoms with van der Waals surface area (Å²) in [4.78, 5) is 22.1. The summed E-state index contributed by atoms with van der Waals surface area (Å²) >= 11 is -2.58. The van der Waals surface area contributed by atoms with E-state index in [0.29, 0.717) is 6.54 Å². The lowest BCUT2D eigenvalue weighted by Gasteiger charge is -2.36. The molecule has 204 valence electrons. The summed E-state index contributed by atoms with van der Waals surface area (Å²) in [7, 11) is 0. The summed E-state index contributed by atoms with van der Waals surface area (Å²) < 4.78 is 32.3. The van der Waals surface area contributed by atoms with Gasteiger partial charge in [0.25, 0.3) is 5.91 Å². The minimum Gasteiger partial charge on any atom is -0.750 e. The highest BCUT2D eigenvalue weighted by Crippen LogP contribution is 2.30. The van der Waals surface area contributed by atoms with Crippen molar-refractivity contribution in [3.8, 4) is 0 Å². The summed E-state index contributed by atoms with van der Waals surface area (Å²) in [5.41, 5.74) is 4.44. The average Bonchev–Trinajstić information content (AvgIpc) is 3.40. The fourth-order valence-electron chi connectivity index (χ4n) is 4.79. The summed E-state index contributed by atoms with van der Waals surface area (Å²) in [5.74, 6) is -0.0259. The molecule has 0 aliphatic carbocycles. The van der Waals surface area contributed by atoms with Crippen molar-refractivity contribution in [3.05, 3.63) is 95.5 Å². The molecule has 2 aromatic heterocycles. The van der Waals surface area contributed by atoms with Gasteiger partial charge in [0.05, 0.1) is 23.2 Å². The molecule has 1 amide bonds. The van der Waals surface area contributed by atoms with Crippen LogP contribution in [0.25, 0.3) is 11.0 Å². The molecule has 10 heteroatoms. The van der Waals surface area contributed by atoms with Crippen molar-refractivity contribution in [3.63, 3.8) is 0 Å². The lowest BCUT2D eigenvalue weighted by Crippen LogP contribution is -2.47. The van der Waals surface area contributed by atoms with E-state index in [-0.39, 0.29) is 11.7 Å². The lowest BCUT2D eigenvalue weighted by molar-refractivity contribution is 0.0925. The Hall–Kier alpha value is -3.57. The first-order chi connectivity index (χ1) is 19.0. The summed E-state index contributed by atoms with van der Waals surface area (Å²) in [6.45, 7) is 6.63. The number of carbonyl (C=O) groups is 1. The van der Waals surface area contributed by atoms with Crippen molar-refractivity contribution in [2.24, 2.45) is 0 Å². The normalized spacial score (nSPS) is 15.8. The van der Waals surface area contributed by atoms with Gasteiger partial charge >= 0.3 is 0 Å². The Morgan fingerprint density at radius 2 is 1.90 bits per heavy atom. The van der Waals surface area contributed by atoms with E-state index in [1.54, 1.807) is 25.1 Å². The molecule has 0 radical (unpaired) electrons. The summed E-state index contributed by atoms with van der Waals surface area (Å²) in [6, 6.07) is 21.0. The van der Waals surface area contributed by atoms with Gasteiger partial charge in [0.2, 0.25) is 0 Å². The molecule has 9 nitrogen and oxygen atoms in total. The van der Waals surface area contributed by atoms with Crippen LogP contribution >= 0.6 is 0 Å². The highest BCUT2D eigenvalue weighted by molar-refractivity contribution is 7.74. The standard InChI is InChI=1S/C29H32N4O5S/c1-21(38-39(35)36)23-10-8-22(9-11-23)20-31-29(34)27-19-24-5-4-7-26(28(24)37-27)33-17-15-32(16-18-33)14-12-25-6-2-3-13-30-25/h2-11,13,19,21H,12,14-18,20H2,1H3,(H,31,34)(H,35,36)/p-1. The number of hydrogen-bond donors (Lipinski definition) is 1. The Labute approximate surface area is 230 Å². The van der Waals surface area contributed by atoms with E-state index in [9.17, 15) is 13.6 Å². The molecule has 1 N–H and O–H groups in total. The molecule has 3 heterocycles. The monoisotopic (exact) mass is 547 g/mol. The molecule has 2 unspecified atom stereocenters. The number of pyridine rings is 1. The van der Waals surface area contributed by atoms with E-state index in [4.69, 9.17) is 8.60 Å². The van der Waals surface area contributed by atoms with Gasteiger partial charge in [-0.25, -0.2) is 4.21 Å². The molecule has 0 bridgehead atoms. The first-order valence-corrected chi connectivity index (χ1v) is 14.0. The van der Waals surface area contributed by atoms with Gasteiger partial charge in [-0.1, -0.05) is 42.5 Å². The fourth-order valence-corrected chi connectivity index (χ4v) is 5.14. The van der Waals surface area contributed by atoms with Gasteiger partial charge in [-0.15, -0.1) is 0 Å². The van der Waals surface area contributed by atoms with Crippen molar-refractivity contribution < 1.29 is 22.2 Å². The molecule has 1 fully saturated rings. The molecule has 0 spiro atoms. The number of para-hydroxylation sites is 1. The second kappa shape index (κ2) is 12.5. The minimum atomic E-state index is -2.58. The van der Waals surface area contributed by atoms with Crippen LogP contribution in [0.5, 0.6) is 0 Å². The van der Waals surface area contributed by atoms with E-state index < -0.39 is 17.5 Å². The zero-order valence-electron chi connectivity index (χ0n) is 21.7. The Kier molecular flexibility index (Phi) is 8.67. The molecule has 1 aliphatic heterocycles. The highest BCUT2D eigenvalue weighted by Gasteiger charge is 2.21. The topological polar surface area (TPSA) is 111 Å². The van der Waals surface area contributed by atoms with E-state index in [0.717, 1.165) is 72.6 Å². The first kappa shape index (κ1) is 27.0. The van der Waals surface area contributed by atoms with Crippen LogP contribution in [0.1, 0.15) is 40.4 Å². The average molecular weight is 548 g/mol. The Morgan fingerprint density at radius 3 is 2.62 bits per heavy atom. The number of nitrogens with one attached hydrogen (secondary N) is 1. The number of hydrogen-bond acceptors (Lipinski definition) is 8. The molecule has 4 aromatic rings. The number of aromatic nitrogens is 1. The van der Waals surface area contributed by atoms with Crippen LogP contribution in [-0.2, 0) is 28.5 Å².